The van der Waals surface area contributed by atoms with Crippen LogP contribution in [0.2, 0.25) is 0 Å². The second-order valence-electron chi connectivity index (χ2n) is 6.49. The van der Waals surface area contributed by atoms with Crippen LogP contribution >= 0.6 is 11.3 Å². The van der Waals surface area contributed by atoms with Crippen LogP contribution in [-0.2, 0) is 11.3 Å². The van der Waals surface area contributed by atoms with Crippen molar-refractivity contribution in [3.8, 4) is 12.3 Å². The van der Waals surface area contributed by atoms with Crippen molar-refractivity contribution in [2.75, 3.05) is 25.1 Å². The number of amides is 1. The average Bonchev–Trinajstić information content (AvgIpc) is 3.11. The number of nitrogens with zero attached hydrogens (tertiary/aromatic N) is 3. The molecule has 0 saturated heterocycles. The highest BCUT2D eigenvalue weighted by molar-refractivity contribution is 7.16. The summed E-state index contributed by atoms with van der Waals surface area (Å²) in [4.78, 5) is 31.6. The summed E-state index contributed by atoms with van der Waals surface area (Å²) in [6, 6.07) is 12.6. The lowest BCUT2D eigenvalue weighted by atomic mass is 10.2. The molecule has 0 fully saturated rings. The number of hydrogen-bond donors (Lipinski definition) is 0. The van der Waals surface area contributed by atoms with Crippen molar-refractivity contribution in [1.82, 2.24) is 4.57 Å². The number of rotatable bonds is 6. The van der Waals surface area contributed by atoms with Crippen molar-refractivity contribution < 1.29 is 14.3 Å². The molecule has 0 aliphatic rings. The quantitative estimate of drug-likeness (QED) is 0.450. The minimum atomic E-state index is -0.420. The number of esters is 1. The largest absolute Gasteiger partial charge is 0.465 e. The summed E-state index contributed by atoms with van der Waals surface area (Å²) >= 11 is 1.31. The Labute approximate surface area is 179 Å². The number of carbonyl (C=O) groups excluding carboxylic acids is 2. The lowest BCUT2D eigenvalue weighted by molar-refractivity contribution is 0.0601. The number of methoxy groups -OCH3 is 1. The summed E-state index contributed by atoms with van der Waals surface area (Å²) in [5, 5.41) is 0. The Morgan fingerprint density at radius 1 is 1.13 bits per heavy atom. The average molecular weight is 422 g/mol. The minimum absolute atomic E-state index is 0.268. The molecule has 3 rings (SSSR count). The lowest BCUT2D eigenvalue weighted by Crippen LogP contribution is -2.21. The first-order chi connectivity index (χ1) is 14.5. The predicted octanol–water partition coefficient (Wildman–Crippen LogP) is 3.71. The highest BCUT2D eigenvalue weighted by Crippen LogP contribution is 2.20. The van der Waals surface area contributed by atoms with Gasteiger partial charge in [0.2, 0.25) is 0 Å². The smallest absolute Gasteiger partial charge is 0.337 e. The van der Waals surface area contributed by atoms with Gasteiger partial charge in [0.05, 0.1) is 29.4 Å². The molecule has 1 aromatic heterocycles. The molecule has 0 saturated carbocycles. The summed E-state index contributed by atoms with van der Waals surface area (Å²) in [7, 11) is 1.34. The van der Waals surface area contributed by atoms with Crippen LogP contribution in [-0.4, -0.2) is 36.6 Å². The molecule has 154 valence electrons. The molecule has 0 bridgehead atoms. The third-order valence-corrected chi connectivity index (χ3v) is 5.83. The van der Waals surface area contributed by atoms with Gasteiger partial charge < -0.3 is 14.2 Å². The van der Waals surface area contributed by atoms with E-state index in [0.29, 0.717) is 15.9 Å². The zero-order valence-electron chi connectivity index (χ0n) is 17.2. The van der Waals surface area contributed by atoms with Gasteiger partial charge in [-0.15, -0.1) is 6.42 Å². The lowest BCUT2D eigenvalue weighted by Gasteiger charge is -2.20. The molecule has 0 unspecified atom stereocenters. The number of carbonyl (C=O) groups is 2. The Bertz CT molecular complexity index is 1180. The minimum Gasteiger partial charge on any atom is -0.465 e. The molecule has 6 nitrogen and oxygen atoms in total. The highest BCUT2D eigenvalue weighted by atomic mass is 32.1. The molecule has 1 amide bonds. The highest BCUT2D eigenvalue weighted by Gasteiger charge is 2.12. The normalized spacial score (nSPS) is 11.3. The molecule has 3 aromatic rings. The SMILES string of the molecule is C#CCn1c(=NC(=O)c2ccc(N(CC)CC)cc2)sc2cc(C(=O)OC)ccc21. The van der Waals surface area contributed by atoms with E-state index in [1.165, 1.54) is 18.4 Å². The van der Waals surface area contributed by atoms with Gasteiger partial charge in [-0.3, -0.25) is 4.79 Å². The first-order valence-electron chi connectivity index (χ1n) is 9.61. The van der Waals surface area contributed by atoms with E-state index in [-0.39, 0.29) is 12.5 Å². The van der Waals surface area contributed by atoms with Crippen molar-refractivity contribution in [3.05, 3.63) is 58.4 Å². The maximum Gasteiger partial charge on any atom is 0.337 e. The van der Waals surface area contributed by atoms with Crippen LogP contribution in [0.4, 0.5) is 5.69 Å². The Balaban J connectivity index is 2.01. The number of aromatic nitrogens is 1. The van der Waals surface area contributed by atoms with Crippen LogP contribution in [0.25, 0.3) is 10.2 Å². The van der Waals surface area contributed by atoms with Gasteiger partial charge in [0, 0.05) is 24.3 Å². The summed E-state index contributed by atoms with van der Waals surface area (Å²) < 4.78 is 7.38. The zero-order chi connectivity index (χ0) is 21.7. The van der Waals surface area contributed by atoms with Crippen LogP contribution in [0.1, 0.15) is 34.6 Å². The van der Waals surface area contributed by atoms with Crippen molar-refractivity contribution in [2.24, 2.45) is 4.99 Å². The fourth-order valence-corrected chi connectivity index (χ4v) is 4.27. The van der Waals surface area contributed by atoms with E-state index in [4.69, 9.17) is 11.2 Å². The standard InChI is InChI=1S/C23H23N3O3S/c1-5-14-26-19-13-10-17(22(28)29-4)15-20(19)30-23(26)24-21(27)16-8-11-18(12-9-16)25(6-2)7-3/h1,8-13,15H,6-7,14H2,2-4H3. The van der Waals surface area contributed by atoms with Gasteiger partial charge in [0.25, 0.3) is 5.91 Å². The molecule has 0 spiro atoms. The zero-order valence-corrected chi connectivity index (χ0v) is 18.0. The maximum absolute atomic E-state index is 12.8. The predicted molar refractivity (Wildman–Crippen MR) is 120 cm³/mol. The third-order valence-electron chi connectivity index (χ3n) is 4.79. The molecule has 1 heterocycles. The third kappa shape index (κ3) is 4.29. The van der Waals surface area contributed by atoms with Crippen molar-refractivity contribution in [2.45, 2.75) is 20.4 Å². The van der Waals surface area contributed by atoms with Gasteiger partial charge in [-0.1, -0.05) is 17.3 Å². The number of benzene rings is 2. The molecule has 0 atom stereocenters. The summed E-state index contributed by atoms with van der Waals surface area (Å²) in [6.45, 7) is 6.25. The molecule has 30 heavy (non-hydrogen) atoms. The Morgan fingerprint density at radius 2 is 1.80 bits per heavy atom. The monoisotopic (exact) mass is 421 g/mol. The Morgan fingerprint density at radius 3 is 2.40 bits per heavy atom. The first kappa shape index (κ1) is 21.3. The second kappa shape index (κ2) is 9.42. The second-order valence-corrected chi connectivity index (χ2v) is 7.49. The molecule has 0 aliphatic carbocycles. The van der Waals surface area contributed by atoms with E-state index >= 15 is 0 Å². The Hall–Kier alpha value is -3.37. The Kier molecular flexibility index (Phi) is 6.70. The number of anilines is 1. The van der Waals surface area contributed by atoms with Gasteiger partial charge in [-0.25, -0.2) is 4.79 Å². The van der Waals surface area contributed by atoms with Crippen molar-refractivity contribution in [1.29, 1.82) is 0 Å². The van der Waals surface area contributed by atoms with E-state index < -0.39 is 5.97 Å². The fourth-order valence-electron chi connectivity index (χ4n) is 3.20. The van der Waals surface area contributed by atoms with Gasteiger partial charge in [-0.05, 0) is 56.3 Å². The molecular weight excluding hydrogens is 398 g/mol. The number of ether oxygens (including phenoxy) is 1. The van der Waals surface area contributed by atoms with Gasteiger partial charge in [0.1, 0.15) is 0 Å². The van der Waals surface area contributed by atoms with Gasteiger partial charge >= 0.3 is 5.97 Å². The molecule has 2 aromatic carbocycles. The number of fused-ring (bicyclic) bond motifs is 1. The van der Waals surface area contributed by atoms with E-state index in [2.05, 4.69) is 29.7 Å². The summed E-state index contributed by atoms with van der Waals surface area (Å²) in [5.41, 5.74) is 2.82. The van der Waals surface area contributed by atoms with Crippen LogP contribution in [0.5, 0.6) is 0 Å². The van der Waals surface area contributed by atoms with E-state index in [1.54, 1.807) is 34.9 Å². The summed E-state index contributed by atoms with van der Waals surface area (Å²) in [5.74, 6) is 1.84. The van der Waals surface area contributed by atoms with Crippen molar-refractivity contribution in [3.63, 3.8) is 0 Å². The molecule has 0 aliphatic heterocycles. The van der Waals surface area contributed by atoms with Gasteiger partial charge in [0.15, 0.2) is 4.80 Å². The van der Waals surface area contributed by atoms with Gasteiger partial charge in [-0.2, -0.15) is 4.99 Å². The molecule has 0 N–H and O–H groups in total. The topological polar surface area (TPSA) is 63.9 Å². The fraction of sp³-hybridized carbons (Fsp3) is 0.261. The number of thiazole rings is 1. The van der Waals surface area contributed by atoms with E-state index in [9.17, 15) is 9.59 Å². The number of hydrogen-bond acceptors (Lipinski definition) is 5. The van der Waals surface area contributed by atoms with E-state index in [1.807, 2.05) is 12.1 Å². The van der Waals surface area contributed by atoms with Crippen molar-refractivity contribution >= 4 is 39.1 Å². The van der Waals surface area contributed by atoms with E-state index in [0.717, 1.165) is 29.0 Å². The molecule has 7 heteroatoms. The van der Waals surface area contributed by atoms with Crippen LogP contribution in [0.3, 0.4) is 0 Å². The number of terminal acetylenes is 1. The molecule has 0 radical (unpaired) electrons. The first-order valence-corrected chi connectivity index (χ1v) is 10.4. The van der Waals surface area contributed by atoms with Crippen LogP contribution in [0.15, 0.2) is 47.5 Å². The molecular formula is C23H23N3O3S. The summed E-state index contributed by atoms with van der Waals surface area (Å²) in [6.07, 6.45) is 5.52. The van der Waals surface area contributed by atoms with Crippen LogP contribution < -0.4 is 9.70 Å². The maximum atomic E-state index is 12.8. The van der Waals surface area contributed by atoms with Crippen LogP contribution in [0, 0.1) is 12.3 Å².